The molecule has 0 saturated carbocycles. The highest BCUT2D eigenvalue weighted by Crippen LogP contribution is 2.12. The first-order chi connectivity index (χ1) is 11.6. The van der Waals surface area contributed by atoms with E-state index in [1.807, 2.05) is 32.0 Å². The van der Waals surface area contributed by atoms with Crippen LogP contribution in [0.4, 0.5) is 0 Å². The Morgan fingerprint density at radius 2 is 1.92 bits per heavy atom. The highest BCUT2D eigenvalue weighted by molar-refractivity contribution is 6.04. The molecule has 0 unspecified atom stereocenters. The van der Waals surface area contributed by atoms with Gasteiger partial charge in [0, 0.05) is 5.39 Å². The molecule has 0 aliphatic heterocycles. The summed E-state index contributed by atoms with van der Waals surface area (Å²) in [6, 6.07) is 12.8. The summed E-state index contributed by atoms with van der Waals surface area (Å²) < 4.78 is 0. The molecular formula is C18H16N4O2. The monoisotopic (exact) mass is 320 g/mol. The Balaban J connectivity index is 1.86. The van der Waals surface area contributed by atoms with Crippen molar-refractivity contribution in [3.63, 3.8) is 0 Å². The van der Waals surface area contributed by atoms with Crippen molar-refractivity contribution in [2.75, 3.05) is 0 Å². The third-order valence-corrected chi connectivity index (χ3v) is 3.72. The molecule has 0 aliphatic rings. The van der Waals surface area contributed by atoms with E-state index in [0.717, 1.165) is 16.7 Å². The molecule has 3 aromatic rings. The molecule has 0 radical (unpaired) electrons. The standard InChI is InChI=1S/C18H16N4O2/c1-11-7-8-12(2)13(9-11)10-19-21-18(24)16-14-5-3-4-6-15(14)17(23)22-20-16/h3-10H,1-2H3,(H,21,24)(H,22,23)/b19-10+. The third kappa shape index (κ3) is 3.08. The summed E-state index contributed by atoms with van der Waals surface area (Å²) in [5.41, 5.74) is 5.35. The van der Waals surface area contributed by atoms with Gasteiger partial charge in [-0.05, 0) is 31.0 Å². The van der Waals surface area contributed by atoms with E-state index >= 15 is 0 Å². The molecule has 2 N–H and O–H groups in total. The topological polar surface area (TPSA) is 87.2 Å². The highest BCUT2D eigenvalue weighted by atomic mass is 16.2. The third-order valence-electron chi connectivity index (χ3n) is 3.72. The fraction of sp³-hybridized carbons (Fsp3) is 0.111. The highest BCUT2D eigenvalue weighted by Gasteiger charge is 2.13. The number of H-pyrrole nitrogens is 1. The summed E-state index contributed by atoms with van der Waals surface area (Å²) in [5, 5.41) is 11.1. The average molecular weight is 320 g/mol. The van der Waals surface area contributed by atoms with Crippen molar-refractivity contribution in [1.29, 1.82) is 0 Å². The van der Waals surface area contributed by atoms with Crippen LogP contribution in [0.25, 0.3) is 10.8 Å². The molecule has 0 bridgehead atoms. The minimum Gasteiger partial charge on any atom is -0.267 e. The first-order valence-corrected chi connectivity index (χ1v) is 7.44. The lowest BCUT2D eigenvalue weighted by molar-refractivity contribution is 0.0951. The Hall–Kier alpha value is -3.28. The number of fused-ring (bicyclic) bond motifs is 1. The van der Waals surface area contributed by atoms with Gasteiger partial charge in [0.25, 0.3) is 11.5 Å². The lowest BCUT2D eigenvalue weighted by atomic mass is 10.1. The number of hydrogen-bond acceptors (Lipinski definition) is 4. The molecule has 0 fully saturated rings. The van der Waals surface area contributed by atoms with Gasteiger partial charge in [-0.15, -0.1) is 0 Å². The SMILES string of the molecule is Cc1ccc(C)c(/C=N/NC(=O)c2n[nH]c(=O)c3ccccc23)c1. The van der Waals surface area contributed by atoms with Gasteiger partial charge in [0.2, 0.25) is 0 Å². The van der Waals surface area contributed by atoms with Crippen molar-refractivity contribution < 1.29 is 4.79 Å². The van der Waals surface area contributed by atoms with Crippen molar-refractivity contribution in [3.8, 4) is 0 Å². The lowest BCUT2D eigenvalue weighted by Gasteiger charge is -2.04. The summed E-state index contributed by atoms with van der Waals surface area (Å²) in [6.45, 7) is 3.96. The molecule has 120 valence electrons. The van der Waals surface area contributed by atoms with Crippen LogP contribution in [0.3, 0.4) is 0 Å². The van der Waals surface area contributed by atoms with Crippen molar-refractivity contribution in [1.82, 2.24) is 15.6 Å². The Morgan fingerprint density at radius 3 is 2.71 bits per heavy atom. The van der Waals surface area contributed by atoms with Crippen LogP contribution in [-0.2, 0) is 0 Å². The summed E-state index contributed by atoms with van der Waals surface area (Å²) in [5.74, 6) is -0.482. The van der Waals surface area contributed by atoms with E-state index in [2.05, 4.69) is 20.7 Å². The molecule has 0 aliphatic carbocycles. The number of aromatic nitrogens is 2. The van der Waals surface area contributed by atoms with Gasteiger partial charge in [-0.3, -0.25) is 9.59 Å². The number of aryl methyl sites for hydroxylation is 2. The molecule has 1 amide bonds. The van der Waals surface area contributed by atoms with Gasteiger partial charge < -0.3 is 0 Å². The first kappa shape index (κ1) is 15.6. The minimum absolute atomic E-state index is 0.128. The van der Waals surface area contributed by atoms with Gasteiger partial charge in [0.15, 0.2) is 5.69 Å². The smallest absolute Gasteiger partial charge is 0.267 e. The van der Waals surface area contributed by atoms with E-state index in [4.69, 9.17) is 0 Å². The zero-order chi connectivity index (χ0) is 17.1. The van der Waals surface area contributed by atoms with Crippen LogP contribution in [-0.4, -0.2) is 22.3 Å². The molecular weight excluding hydrogens is 304 g/mol. The van der Waals surface area contributed by atoms with Crippen LogP contribution in [0.2, 0.25) is 0 Å². The predicted molar refractivity (Wildman–Crippen MR) is 93.3 cm³/mol. The fourth-order valence-corrected chi connectivity index (χ4v) is 2.40. The zero-order valence-electron chi connectivity index (χ0n) is 13.3. The van der Waals surface area contributed by atoms with Gasteiger partial charge >= 0.3 is 0 Å². The number of rotatable bonds is 3. The van der Waals surface area contributed by atoms with Crippen LogP contribution >= 0.6 is 0 Å². The van der Waals surface area contributed by atoms with Crippen LogP contribution in [0.5, 0.6) is 0 Å². The quantitative estimate of drug-likeness (QED) is 0.573. The van der Waals surface area contributed by atoms with Crippen LogP contribution in [0, 0.1) is 13.8 Å². The fourth-order valence-electron chi connectivity index (χ4n) is 2.40. The number of hydrazone groups is 1. The van der Waals surface area contributed by atoms with Gasteiger partial charge in [-0.25, -0.2) is 10.5 Å². The minimum atomic E-state index is -0.482. The number of aromatic amines is 1. The maximum absolute atomic E-state index is 12.3. The van der Waals surface area contributed by atoms with E-state index in [0.29, 0.717) is 10.8 Å². The Kier molecular flexibility index (Phi) is 4.20. The molecule has 3 rings (SSSR count). The zero-order valence-corrected chi connectivity index (χ0v) is 13.3. The maximum atomic E-state index is 12.3. The lowest BCUT2D eigenvalue weighted by Crippen LogP contribution is -2.22. The Morgan fingerprint density at radius 1 is 1.17 bits per heavy atom. The number of benzene rings is 2. The molecule has 1 aromatic heterocycles. The summed E-state index contributed by atoms with van der Waals surface area (Å²) >= 11 is 0. The number of carbonyl (C=O) groups is 1. The molecule has 0 spiro atoms. The second kappa shape index (κ2) is 6.45. The Bertz CT molecular complexity index is 1010. The predicted octanol–water partition coefficient (Wildman–Crippen LogP) is 2.30. The number of carbonyl (C=O) groups excluding carboxylic acids is 1. The molecule has 0 saturated heterocycles. The van der Waals surface area contributed by atoms with E-state index in [-0.39, 0.29) is 11.3 Å². The van der Waals surface area contributed by atoms with Gasteiger partial charge in [0.05, 0.1) is 11.6 Å². The van der Waals surface area contributed by atoms with Crippen molar-refractivity contribution in [2.45, 2.75) is 13.8 Å². The molecule has 6 nitrogen and oxygen atoms in total. The second-order valence-corrected chi connectivity index (χ2v) is 5.51. The van der Waals surface area contributed by atoms with Crippen molar-refractivity contribution in [2.24, 2.45) is 5.10 Å². The largest absolute Gasteiger partial charge is 0.292 e. The average Bonchev–Trinajstić information content (AvgIpc) is 2.58. The van der Waals surface area contributed by atoms with Crippen molar-refractivity contribution in [3.05, 3.63) is 75.2 Å². The molecule has 1 heterocycles. The molecule has 0 atom stereocenters. The van der Waals surface area contributed by atoms with E-state index in [1.165, 1.54) is 0 Å². The van der Waals surface area contributed by atoms with Crippen LogP contribution in [0.15, 0.2) is 52.4 Å². The van der Waals surface area contributed by atoms with E-state index in [9.17, 15) is 9.59 Å². The summed E-state index contributed by atoms with van der Waals surface area (Å²) in [4.78, 5) is 24.0. The van der Waals surface area contributed by atoms with E-state index in [1.54, 1.807) is 30.5 Å². The van der Waals surface area contributed by atoms with Crippen molar-refractivity contribution >= 4 is 22.9 Å². The molecule has 2 aromatic carbocycles. The molecule has 24 heavy (non-hydrogen) atoms. The molecule has 6 heteroatoms. The van der Waals surface area contributed by atoms with Gasteiger partial charge in [-0.2, -0.15) is 10.2 Å². The summed E-state index contributed by atoms with van der Waals surface area (Å²) in [7, 11) is 0. The van der Waals surface area contributed by atoms with Crippen LogP contribution < -0.4 is 11.0 Å². The second-order valence-electron chi connectivity index (χ2n) is 5.51. The Labute approximate surface area is 138 Å². The van der Waals surface area contributed by atoms with Gasteiger partial charge in [0.1, 0.15) is 0 Å². The normalized spacial score (nSPS) is 11.1. The summed E-state index contributed by atoms with van der Waals surface area (Å²) in [6.07, 6.45) is 1.59. The number of amides is 1. The number of nitrogens with zero attached hydrogens (tertiary/aromatic N) is 2. The van der Waals surface area contributed by atoms with Crippen LogP contribution in [0.1, 0.15) is 27.2 Å². The van der Waals surface area contributed by atoms with Gasteiger partial charge in [-0.1, -0.05) is 42.0 Å². The van der Waals surface area contributed by atoms with E-state index < -0.39 is 5.91 Å². The number of nitrogens with one attached hydrogen (secondary N) is 2. The first-order valence-electron chi connectivity index (χ1n) is 7.44. The maximum Gasteiger partial charge on any atom is 0.292 e. The number of hydrogen-bond donors (Lipinski definition) is 2.